The van der Waals surface area contributed by atoms with E-state index in [4.69, 9.17) is 0 Å². The molecule has 5 heteroatoms. The highest BCUT2D eigenvalue weighted by Gasteiger charge is 2.03. The minimum absolute atomic E-state index is 0.234. The maximum Gasteiger partial charge on any atom is 0.315 e. The molecule has 0 aromatic heterocycles. The first-order chi connectivity index (χ1) is 10.1. The molecule has 0 saturated carbocycles. The largest absolute Gasteiger partial charge is 0.338 e. The number of hydrogen-bond acceptors (Lipinski definition) is 1. The predicted molar refractivity (Wildman–Crippen MR) is 84.5 cm³/mol. The average molecular weight is 351 g/mol. The van der Waals surface area contributed by atoms with Gasteiger partial charge in [0.2, 0.25) is 0 Å². The second-order valence-corrected chi connectivity index (χ2v) is 5.44. The van der Waals surface area contributed by atoms with E-state index in [2.05, 4.69) is 26.6 Å². The van der Waals surface area contributed by atoms with E-state index in [0.29, 0.717) is 19.5 Å². The zero-order valence-corrected chi connectivity index (χ0v) is 13.0. The smallest absolute Gasteiger partial charge is 0.315 e. The predicted octanol–water partition coefficient (Wildman–Crippen LogP) is 3.63. The maximum absolute atomic E-state index is 13.0. The standard InChI is InChI=1S/C16H16BrFN2O/c17-15-7-2-1-5-13(15)11-20-16(21)19-9-8-12-4-3-6-14(18)10-12/h1-7,10H,8-9,11H2,(H2,19,20,21). The summed E-state index contributed by atoms with van der Waals surface area (Å²) < 4.78 is 14.0. The number of hydrogen-bond donors (Lipinski definition) is 2. The van der Waals surface area contributed by atoms with Gasteiger partial charge in [-0.3, -0.25) is 0 Å². The molecular formula is C16H16BrFN2O. The summed E-state index contributed by atoms with van der Waals surface area (Å²) in [4.78, 5) is 11.7. The summed E-state index contributed by atoms with van der Waals surface area (Å²) in [5.41, 5.74) is 1.87. The topological polar surface area (TPSA) is 41.1 Å². The number of nitrogens with one attached hydrogen (secondary N) is 2. The van der Waals surface area contributed by atoms with Gasteiger partial charge >= 0.3 is 6.03 Å². The van der Waals surface area contributed by atoms with Crippen LogP contribution < -0.4 is 10.6 Å². The first-order valence-electron chi connectivity index (χ1n) is 6.65. The van der Waals surface area contributed by atoms with Crippen LogP contribution in [0.4, 0.5) is 9.18 Å². The van der Waals surface area contributed by atoms with Crippen LogP contribution in [0.1, 0.15) is 11.1 Å². The molecule has 0 saturated heterocycles. The van der Waals surface area contributed by atoms with Crippen LogP contribution in [0.3, 0.4) is 0 Å². The van der Waals surface area contributed by atoms with Gasteiger partial charge in [-0.15, -0.1) is 0 Å². The Morgan fingerprint density at radius 3 is 2.67 bits per heavy atom. The number of carbonyl (C=O) groups is 1. The Bertz CT molecular complexity index is 619. The van der Waals surface area contributed by atoms with Crippen molar-refractivity contribution in [3.05, 3.63) is 69.9 Å². The molecule has 2 N–H and O–H groups in total. The van der Waals surface area contributed by atoms with E-state index in [1.807, 2.05) is 30.3 Å². The van der Waals surface area contributed by atoms with Crippen LogP contribution in [0.25, 0.3) is 0 Å². The van der Waals surface area contributed by atoms with Gasteiger partial charge in [-0.05, 0) is 35.7 Å². The maximum atomic E-state index is 13.0. The highest BCUT2D eigenvalue weighted by molar-refractivity contribution is 9.10. The number of urea groups is 1. The molecule has 21 heavy (non-hydrogen) atoms. The fourth-order valence-corrected chi connectivity index (χ4v) is 2.32. The van der Waals surface area contributed by atoms with Crippen LogP contribution >= 0.6 is 15.9 Å². The summed E-state index contributed by atoms with van der Waals surface area (Å²) >= 11 is 3.43. The van der Waals surface area contributed by atoms with Gasteiger partial charge in [-0.2, -0.15) is 0 Å². The summed E-state index contributed by atoms with van der Waals surface area (Å²) in [7, 11) is 0. The van der Waals surface area contributed by atoms with Crippen molar-refractivity contribution in [1.82, 2.24) is 10.6 Å². The van der Waals surface area contributed by atoms with E-state index in [9.17, 15) is 9.18 Å². The SMILES string of the molecule is O=C(NCCc1cccc(F)c1)NCc1ccccc1Br. The van der Waals surface area contributed by atoms with Gasteiger partial charge in [0.05, 0.1) is 0 Å². The van der Waals surface area contributed by atoms with Gasteiger partial charge in [0.25, 0.3) is 0 Å². The van der Waals surface area contributed by atoms with Crippen LogP contribution in [0, 0.1) is 5.82 Å². The minimum Gasteiger partial charge on any atom is -0.338 e. The fraction of sp³-hybridized carbons (Fsp3) is 0.188. The molecule has 0 fully saturated rings. The lowest BCUT2D eigenvalue weighted by molar-refractivity contribution is 0.240. The Kier molecular flexibility index (Phi) is 5.75. The normalized spacial score (nSPS) is 10.2. The van der Waals surface area contributed by atoms with E-state index in [0.717, 1.165) is 15.6 Å². The van der Waals surface area contributed by atoms with E-state index < -0.39 is 0 Å². The van der Waals surface area contributed by atoms with Crippen molar-refractivity contribution in [3.8, 4) is 0 Å². The molecule has 2 amide bonds. The van der Waals surface area contributed by atoms with Crippen LogP contribution in [-0.4, -0.2) is 12.6 Å². The summed E-state index contributed by atoms with van der Waals surface area (Å²) in [6.07, 6.45) is 0.597. The molecule has 0 spiro atoms. The van der Waals surface area contributed by atoms with Crippen molar-refractivity contribution in [1.29, 1.82) is 0 Å². The van der Waals surface area contributed by atoms with Gasteiger partial charge < -0.3 is 10.6 Å². The van der Waals surface area contributed by atoms with Crippen LogP contribution in [0.5, 0.6) is 0 Å². The van der Waals surface area contributed by atoms with Crippen molar-refractivity contribution in [2.24, 2.45) is 0 Å². The van der Waals surface area contributed by atoms with Crippen molar-refractivity contribution < 1.29 is 9.18 Å². The molecule has 0 bridgehead atoms. The highest BCUT2D eigenvalue weighted by Crippen LogP contribution is 2.15. The summed E-state index contributed by atoms with van der Waals surface area (Å²) in [5, 5.41) is 5.54. The zero-order chi connectivity index (χ0) is 15.1. The summed E-state index contributed by atoms with van der Waals surface area (Å²) in [6.45, 7) is 0.915. The second kappa shape index (κ2) is 7.78. The minimum atomic E-state index is -0.258. The number of rotatable bonds is 5. The molecule has 2 rings (SSSR count). The Balaban J connectivity index is 1.72. The third-order valence-corrected chi connectivity index (χ3v) is 3.76. The molecule has 2 aromatic rings. The van der Waals surface area contributed by atoms with Gasteiger partial charge in [0, 0.05) is 17.6 Å². The lowest BCUT2D eigenvalue weighted by Crippen LogP contribution is -2.36. The van der Waals surface area contributed by atoms with E-state index in [-0.39, 0.29) is 11.8 Å². The molecule has 110 valence electrons. The fourth-order valence-electron chi connectivity index (χ4n) is 1.89. The molecule has 2 aromatic carbocycles. The Morgan fingerprint density at radius 2 is 1.90 bits per heavy atom. The summed E-state index contributed by atoms with van der Waals surface area (Å²) in [5.74, 6) is -0.258. The van der Waals surface area contributed by atoms with E-state index >= 15 is 0 Å². The molecule has 0 aliphatic carbocycles. The van der Waals surface area contributed by atoms with Crippen molar-refractivity contribution in [2.45, 2.75) is 13.0 Å². The Morgan fingerprint density at radius 1 is 1.10 bits per heavy atom. The molecule has 0 unspecified atom stereocenters. The quantitative estimate of drug-likeness (QED) is 0.849. The van der Waals surface area contributed by atoms with Crippen LogP contribution in [-0.2, 0) is 13.0 Å². The van der Waals surface area contributed by atoms with Crippen molar-refractivity contribution in [3.63, 3.8) is 0 Å². The molecule has 0 heterocycles. The van der Waals surface area contributed by atoms with Crippen LogP contribution in [0.15, 0.2) is 53.0 Å². The number of amides is 2. The third kappa shape index (κ3) is 5.19. The average Bonchev–Trinajstić information content (AvgIpc) is 2.46. The van der Waals surface area contributed by atoms with E-state index in [1.165, 1.54) is 12.1 Å². The number of carbonyl (C=O) groups excluding carboxylic acids is 1. The van der Waals surface area contributed by atoms with Gasteiger partial charge in [-0.1, -0.05) is 46.3 Å². The first-order valence-corrected chi connectivity index (χ1v) is 7.44. The molecule has 0 aliphatic rings. The molecular weight excluding hydrogens is 335 g/mol. The number of benzene rings is 2. The van der Waals surface area contributed by atoms with Gasteiger partial charge in [0.1, 0.15) is 5.82 Å². The van der Waals surface area contributed by atoms with Crippen LogP contribution in [0.2, 0.25) is 0 Å². The van der Waals surface area contributed by atoms with Crippen molar-refractivity contribution >= 4 is 22.0 Å². The molecule has 0 atom stereocenters. The third-order valence-electron chi connectivity index (χ3n) is 2.99. The Hall–Kier alpha value is -1.88. The summed E-state index contributed by atoms with van der Waals surface area (Å²) in [6, 6.07) is 13.9. The first kappa shape index (κ1) is 15.5. The highest BCUT2D eigenvalue weighted by atomic mass is 79.9. The monoisotopic (exact) mass is 350 g/mol. The number of halogens is 2. The lowest BCUT2D eigenvalue weighted by Gasteiger charge is -2.09. The molecule has 3 nitrogen and oxygen atoms in total. The lowest BCUT2D eigenvalue weighted by atomic mass is 10.1. The van der Waals surface area contributed by atoms with Gasteiger partial charge in [-0.25, -0.2) is 9.18 Å². The second-order valence-electron chi connectivity index (χ2n) is 4.58. The molecule has 0 radical (unpaired) electrons. The van der Waals surface area contributed by atoms with Gasteiger partial charge in [0.15, 0.2) is 0 Å². The Labute approximate surface area is 131 Å². The van der Waals surface area contributed by atoms with E-state index in [1.54, 1.807) is 6.07 Å². The zero-order valence-electron chi connectivity index (χ0n) is 11.4. The van der Waals surface area contributed by atoms with Crippen molar-refractivity contribution in [2.75, 3.05) is 6.54 Å². The molecule has 0 aliphatic heterocycles.